The van der Waals surface area contributed by atoms with Gasteiger partial charge in [0.2, 0.25) is 22.3 Å². The van der Waals surface area contributed by atoms with Crippen molar-refractivity contribution in [1.82, 2.24) is 0 Å². The fourth-order valence-corrected chi connectivity index (χ4v) is 3.63. The number of methoxy groups -OCH3 is 2. The normalized spacial score (nSPS) is 16.4. The van der Waals surface area contributed by atoms with E-state index in [2.05, 4.69) is 31.0 Å². The van der Waals surface area contributed by atoms with E-state index in [0.29, 0.717) is 45.9 Å². The number of ether oxygens (including phenoxy) is 2. The molecule has 49 heavy (non-hydrogen) atoms. The van der Waals surface area contributed by atoms with Gasteiger partial charge in [-0.05, 0) is 24.3 Å². The van der Waals surface area contributed by atoms with E-state index < -0.39 is 25.0 Å². The average Bonchev–Trinajstić information content (AvgIpc) is 3.13. The first kappa shape index (κ1) is 39.3. The standard InChI is InChI=1S/2C14H13N5O4.2ClH.Zn/c2*1-22-13-8-12(14(23-2)7-11(13)16-15)18-17-9-3-5-10(6-4-9)19(20)21;;;/h2*3-8,17H,1-2H3;2*1H;/q2*+2;;;+2/p-2. The Balaban J connectivity index is 0.000000315. The van der Waals surface area contributed by atoms with Gasteiger partial charge < -0.3 is 9.47 Å². The number of non-ortho nitro benzene ring substituents is 2. The molecule has 18 nitrogen and oxygen atoms in total. The molecule has 2 N–H and O–H groups in total. The van der Waals surface area contributed by atoms with Crippen LogP contribution in [0.1, 0.15) is 0 Å². The second kappa shape index (κ2) is 20.4. The molecule has 0 amide bonds. The fraction of sp³-hybridized carbons (Fsp3) is 0.143. The summed E-state index contributed by atoms with van der Waals surface area (Å²) in [6.45, 7) is 0. The van der Waals surface area contributed by atoms with Gasteiger partial charge in [-0.25, -0.2) is 0 Å². The van der Waals surface area contributed by atoms with E-state index >= 15 is 0 Å². The number of nitrogens with zero attached hydrogens (tertiary/aromatic N) is 8. The summed E-state index contributed by atoms with van der Waals surface area (Å²) in [5.74, 6) is 1.37. The molecule has 248 valence electrons. The first-order chi connectivity index (χ1) is 23.6. The molecule has 0 radical (unpaired) electrons. The Bertz CT molecular complexity index is 1740. The number of anilines is 2. The molecule has 0 unspecified atom stereocenters. The van der Waals surface area contributed by atoms with Gasteiger partial charge in [0.25, 0.3) is 25.6 Å². The van der Waals surface area contributed by atoms with Crippen molar-refractivity contribution in [3.63, 3.8) is 0 Å². The number of diazo groups is 2. The van der Waals surface area contributed by atoms with E-state index in [4.69, 9.17) is 48.5 Å². The first-order valence-electron chi connectivity index (χ1n) is 13.4. The monoisotopic (exact) mass is 764 g/mol. The van der Waals surface area contributed by atoms with E-state index in [9.17, 15) is 20.2 Å². The Labute approximate surface area is 293 Å². The van der Waals surface area contributed by atoms with Gasteiger partial charge in [-0.2, -0.15) is 10.2 Å². The molecule has 0 fully saturated rings. The van der Waals surface area contributed by atoms with Gasteiger partial charge in [0, 0.05) is 36.4 Å². The van der Waals surface area contributed by atoms with Crippen molar-refractivity contribution in [2.45, 2.75) is 0 Å². The molecule has 0 heterocycles. The number of carbonyl (C=O) groups excluding carboxylic acids is 2. The summed E-state index contributed by atoms with van der Waals surface area (Å²) in [7, 11) is 15.7. The number of allylic oxidation sites excluding steroid dienone is 4. The summed E-state index contributed by atoms with van der Waals surface area (Å²) < 4.78 is 20.6. The second-order valence-corrected chi connectivity index (χ2v) is 13.4. The molecule has 0 bridgehead atoms. The van der Waals surface area contributed by atoms with Gasteiger partial charge in [-0.3, -0.25) is 39.9 Å². The molecule has 0 atom stereocenters. The van der Waals surface area contributed by atoms with Crippen molar-refractivity contribution in [3.8, 4) is 0 Å². The van der Waals surface area contributed by atoms with Crippen LogP contribution in [0.3, 0.4) is 0 Å². The van der Waals surface area contributed by atoms with Gasteiger partial charge in [-0.15, -0.1) is 0 Å². The summed E-state index contributed by atoms with van der Waals surface area (Å²) in [5.41, 5.74) is 7.87. The number of benzene rings is 2. The number of hydrazone groups is 2. The number of nitrogens with one attached hydrogen (secondary N) is 2. The third-order valence-corrected chi connectivity index (χ3v) is 5.94. The number of halogens is 2. The van der Waals surface area contributed by atoms with E-state index in [1.807, 2.05) is 0 Å². The summed E-state index contributed by atoms with van der Waals surface area (Å²) in [6, 6.07) is 11.6. The quantitative estimate of drug-likeness (QED) is 0.0779. The number of nitro groups is 2. The number of hydrogen-bond acceptors (Lipinski definition) is 12. The van der Waals surface area contributed by atoms with Crippen molar-refractivity contribution in [2.24, 2.45) is 10.2 Å². The second-order valence-electron chi connectivity index (χ2n) is 8.75. The van der Waals surface area contributed by atoms with E-state index in [1.165, 1.54) is 101 Å². The van der Waals surface area contributed by atoms with E-state index in [1.54, 1.807) is 0 Å². The van der Waals surface area contributed by atoms with Crippen molar-refractivity contribution >= 4 is 65.1 Å². The molecule has 2 aliphatic carbocycles. The van der Waals surface area contributed by atoms with Crippen LogP contribution in [0.15, 0.2) is 106 Å². The molecule has 0 aliphatic heterocycles. The van der Waals surface area contributed by atoms with Gasteiger partial charge >= 0.3 is 57.5 Å². The summed E-state index contributed by atoms with van der Waals surface area (Å²) in [6.07, 6.45) is 6.00. The molecule has 2 aliphatic rings. The number of nitro benzene ring substituents is 2. The number of hydrogen-bond donors (Lipinski definition) is 2. The van der Waals surface area contributed by atoms with Gasteiger partial charge in [0.15, 0.2) is 21.4 Å². The van der Waals surface area contributed by atoms with Gasteiger partial charge in [0.05, 0.1) is 35.4 Å². The van der Waals surface area contributed by atoms with Crippen LogP contribution < -0.4 is 10.9 Å². The van der Waals surface area contributed by atoms with Crippen LogP contribution in [0.5, 0.6) is 0 Å². The van der Waals surface area contributed by atoms with Crippen molar-refractivity contribution in [3.05, 3.63) is 126 Å². The zero-order valence-electron chi connectivity index (χ0n) is 26.2. The maximum absolute atomic E-state index is 10.6. The van der Waals surface area contributed by atoms with Crippen LogP contribution in [-0.4, -0.2) is 61.3 Å². The Morgan fingerprint density at radius 3 is 1.29 bits per heavy atom. The SMILES string of the molecule is COC1=CC(=NNc2ccc([N+](=O)[O-])cc2)C(=[O+]C)C=C1[N+]#N.COC1=CC(=NNc2ccc([N+](=O)[O-])cc2)C(=[O+]C)C=C1[N+]#N.[Cl][Zn][Cl]. The molecule has 0 spiro atoms. The van der Waals surface area contributed by atoms with Crippen LogP contribution in [-0.2, 0) is 33.5 Å². The van der Waals surface area contributed by atoms with Crippen LogP contribution >= 0.6 is 19.4 Å². The maximum atomic E-state index is 10.6. The average molecular weight is 767 g/mol. The molecule has 2 aromatic rings. The minimum atomic E-state index is -0.931. The summed E-state index contributed by atoms with van der Waals surface area (Å²) in [5, 5.41) is 47.4. The third-order valence-electron chi connectivity index (χ3n) is 5.94. The molecule has 0 saturated carbocycles. The fourth-order valence-electron chi connectivity index (χ4n) is 3.63. The molecule has 4 rings (SSSR count). The zero-order valence-corrected chi connectivity index (χ0v) is 30.7. The van der Waals surface area contributed by atoms with E-state index in [-0.39, 0.29) is 22.8 Å². The zero-order chi connectivity index (χ0) is 36.3. The Hall–Kier alpha value is -5.88. The minimum absolute atomic E-state index is 0.0105. The Kier molecular flexibility index (Phi) is 16.3. The molecule has 0 aromatic heterocycles. The predicted molar refractivity (Wildman–Crippen MR) is 178 cm³/mol. The van der Waals surface area contributed by atoms with Crippen LogP contribution in [0.4, 0.5) is 22.7 Å². The molecule has 0 saturated heterocycles. The van der Waals surface area contributed by atoms with Gasteiger partial charge in [-0.1, -0.05) is 0 Å². The molecule has 21 heteroatoms. The topological polar surface area (TPSA) is 232 Å². The number of ketones is 2. The third kappa shape index (κ3) is 11.7. The molecular weight excluding hydrogens is 741 g/mol. The van der Waals surface area contributed by atoms with Crippen molar-refractivity contribution in [2.75, 3.05) is 39.3 Å². The van der Waals surface area contributed by atoms with Crippen LogP contribution in [0.25, 0.3) is 9.95 Å². The van der Waals surface area contributed by atoms with Crippen molar-refractivity contribution in [1.29, 1.82) is 10.8 Å². The van der Waals surface area contributed by atoms with Crippen LogP contribution in [0, 0.1) is 31.0 Å². The Morgan fingerprint density at radius 2 is 1.04 bits per heavy atom. The van der Waals surface area contributed by atoms with E-state index in [0.717, 1.165) is 0 Å². The number of rotatable bonds is 8. The van der Waals surface area contributed by atoms with Crippen molar-refractivity contribution < 1.29 is 43.3 Å². The Morgan fingerprint density at radius 1 is 0.714 bits per heavy atom. The first-order valence-corrected chi connectivity index (χ1v) is 21.2. The van der Waals surface area contributed by atoms with Crippen LogP contribution in [0.2, 0.25) is 0 Å². The summed E-state index contributed by atoms with van der Waals surface area (Å²) in [4.78, 5) is 26.5. The van der Waals surface area contributed by atoms with Gasteiger partial charge in [0.1, 0.15) is 12.2 Å². The molecule has 2 aromatic carbocycles. The summed E-state index contributed by atoms with van der Waals surface area (Å²) >= 11 is -0.931. The molecular formula is C28H26Cl2N10O8Zn+4. The predicted octanol–water partition coefficient (Wildman–Crippen LogP) is 6.13.